The summed E-state index contributed by atoms with van der Waals surface area (Å²) in [5, 5.41) is 4.59. The van der Waals surface area contributed by atoms with Gasteiger partial charge in [0.1, 0.15) is 0 Å². The van der Waals surface area contributed by atoms with Crippen molar-refractivity contribution in [1.29, 1.82) is 0 Å². The molecule has 20 heavy (non-hydrogen) atoms. The molecule has 1 atom stereocenters. The lowest BCUT2D eigenvalue weighted by Gasteiger charge is -2.02. The van der Waals surface area contributed by atoms with Crippen LogP contribution in [-0.2, 0) is 22.8 Å². The maximum absolute atomic E-state index is 11.6. The molecule has 0 aromatic carbocycles. The lowest BCUT2D eigenvalue weighted by molar-refractivity contribution is 0.601. The van der Waals surface area contributed by atoms with Crippen LogP contribution in [0, 0.1) is 0 Å². The van der Waals surface area contributed by atoms with Crippen LogP contribution >= 0.6 is 11.3 Å². The van der Waals surface area contributed by atoms with Gasteiger partial charge in [-0.3, -0.25) is 0 Å². The van der Waals surface area contributed by atoms with E-state index >= 15 is 0 Å². The van der Waals surface area contributed by atoms with Crippen LogP contribution in [0.2, 0.25) is 0 Å². The van der Waals surface area contributed by atoms with Gasteiger partial charge < -0.3 is 5.32 Å². The molecular weight excluding hydrogens is 292 g/mol. The molecule has 1 unspecified atom stereocenters. The highest BCUT2D eigenvalue weighted by atomic mass is 32.2. The molecule has 1 N–H and O–H groups in total. The number of sulfone groups is 1. The quantitative estimate of drug-likeness (QED) is 0.875. The second kappa shape index (κ2) is 5.73. The average molecular weight is 314 g/mol. The average Bonchev–Trinajstić information content (AvgIpc) is 3.04. The van der Waals surface area contributed by atoms with Crippen LogP contribution in [0.25, 0.3) is 0 Å². The van der Waals surface area contributed by atoms with Gasteiger partial charge in [0.05, 0.1) is 22.2 Å². The summed E-state index contributed by atoms with van der Waals surface area (Å²) in [5.41, 5.74) is 1.19. The molecule has 2 heterocycles. The summed E-state index contributed by atoms with van der Waals surface area (Å²) < 4.78 is 23.2. The minimum atomic E-state index is -2.82. The fraction of sp³-hybridized carbons (Fsp3) is 0.786. The number of nitrogens with one attached hydrogen (secondary N) is 1. The molecule has 1 aromatic rings. The molecule has 112 valence electrons. The second-order valence-corrected chi connectivity index (χ2v) is 9.27. The van der Waals surface area contributed by atoms with Gasteiger partial charge in [0, 0.05) is 23.4 Å². The third-order valence-corrected chi connectivity index (χ3v) is 7.02. The van der Waals surface area contributed by atoms with E-state index in [1.54, 1.807) is 11.3 Å². The Morgan fingerprint density at radius 2 is 2.15 bits per heavy atom. The van der Waals surface area contributed by atoms with Crippen LogP contribution in [-0.4, -0.2) is 30.9 Å². The molecule has 2 aliphatic rings. The van der Waals surface area contributed by atoms with Crippen LogP contribution in [0.1, 0.15) is 54.1 Å². The highest BCUT2D eigenvalue weighted by Crippen LogP contribution is 2.34. The van der Waals surface area contributed by atoms with Crippen molar-refractivity contribution in [3.63, 3.8) is 0 Å². The summed E-state index contributed by atoms with van der Waals surface area (Å²) in [4.78, 5) is 6.08. The van der Waals surface area contributed by atoms with E-state index < -0.39 is 9.84 Å². The summed E-state index contributed by atoms with van der Waals surface area (Å²) in [7, 11) is -2.82. The predicted molar refractivity (Wildman–Crippen MR) is 82.0 cm³/mol. The predicted octanol–water partition coefficient (Wildman–Crippen LogP) is 2.25. The number of aryl methyl sites for hydroxylation is 1. The Bertz CT molecular complexity index is 576. The van der Waals surface area contributed by atoms with E-state index in [1.165, 1.54) is 23.4 Å². The smallest absolute Gasteiger partial charge is 0.151 e. The second-order valence-electron chi connectivity index (χ2n) is 5.93. The van der Waals surface area contributed by atoms with Crippen LogP contribution < -0.4 is 5.32 Å². The Balaban J connectivity index is 1.75. The van der Waals surface area contributed by atoms with Crippen molar-refractivity contribution in [2.75, 3.05) is 11.5 Å². The summed E-state index contributed by atoms with van der Waals surface area (Å²) in [6.45, 7) is 3.06. The zero-order valence-corrected chi connectivity index (χ0v) is 13.5. The molecule has 3 rings (SSSR count). The monoisotopic (exact) mass is 314 g/mol. The molecule has 1 saturated carbocycles. The molecule has 0 radical (unpaired) electrons. The van der Waals surface area contributed by atoms with Gasteiger partial charge in [-0.15, -0.1) is 11.3 Å². The third kappa shape index (κ3) is 3.40. The largest absolute Gasteiger partial charge is 0.309 e. The number of hydrogen-bond acceptors (Lipinski definition) is 5. The van der Waals surface area contributed by atoms with Crippen LogP contribution in [0.4, 0.5) is 0 Å². The molecule has 1 aliphatic carbocycles. The standard InChI is InChI=1S/C14H22N2O2S2/c1-2-3-12-13(8-15-11-4-5-11)19-14(16-12)10-6-7-20(17,18)9-10/h10-11,15H,2-9H2,1H3. The maximum atomic E-state index is 11.6. The molecule has 6 heteroatoms. The maximum Gasteiger partial charge on any atom is 0.151 e. The van der Waals surface area contributed by atoms with Gasteiger partial charge in [-0.1, -0.05) is 13.3 Å². The summed E-state index contributed by atoms with van der Waals surface area (Å²) in [5.74, 6) is 0.757. The molecule has 0 amide bonds. The van der Waals surface area contributed by atoms with Gasteiger partial charge in [-0.2, -0.15) is 0 Å². The van der Waals surface area contributed by atoms with Crippen molar-refractivity contribution in [3.05, 3.63) is 15.6 Å². The minimum absolute atomic E-state index is 0.135. The minimum Gasteiger partial charge on any atom is -0.309 e. The Hall–Kier alpha value is -0.460. The zero-order valence-electron chi connectivity index (χ0n) is 11.9. The van der Waals surface area contributed by atoms with E-state index in [2.05, 4.69) is 12.2 Å². The van der Waals surface area contributed by atoms with Crippen molar-refractivity contribution in [3.8, 4) is 0 Å². The van der Waals surface area contributed by atoms with E-state index in [0.717, 1.165) is 30.8 Å². The van der Waals surface area contributed by atoms with Crippen molar-refractivity contribution in [2.45, 2.75) is 57.5 Å². The SMILES string of the molecule is CCCc1nc(C2CCS(=O)(=O)C2)sc1CNC1CC1. The summed E-state index contributed by atoms with van der Waals surface area (Å²) >= 11 is 1.73. The summed E-state index contributed by atoms with van der Waals surface area (Å²) in [6, 6.07) is 0.696. The molecule has 2 fully saturated rings. The van der Waals surface area contributed by atoms with Crippen molar-refractivity contribution >= 4 is 21.2 Å². The number of aromatic nitrogens is 1. The van der Waals surface area contributed by atoms with Crippen molar-refractivity contribution in [1.82, 2.24) is 10.3 Å². The molecule has 1 aromatic heterocycles. The van der Waals surface area contributed by atoms with E-state index in [1.807, 2.05) is 0 Å². The van der Waals surface area contributed by atoms with Gasteiger partial charge in [-0.05, 0) is 25.7 Å². The number of hydrogen-bond donors (Lipinski definition) is 1. The molecule has 1 saturated heterocycles. The molecule has 4 nitrogen and oxygen atoms in total. The Kier molecular flexibility index (Phi) is 4.15. The lowest BCUT2D eigenvalue weighted by Crippen LogP contribution is -2.15. The molecule has 1 aliphatic heterocycles. The van der Waals surface area contributed by atoms with E-state index in [9.17, 15) is 8.42 Å². The topological polar surface area (TPSA) is 59.1 Å². The van der Waals surface area contributed by atoms with Crippen molar-refractivity contribution in [2.24, 2.45) is 0 Å². The van der Waals surface area contributed by atoms with Crippen LogP contribution in [0.15, 0.2) is 0 Å². The number of rotatable bonds is 6. The zero-order chi connectivity index (χ0) is 14.2. The van der Waals surface area contributed by atoms with Gasteiger partial charge in [0.2, 0.25) is 0 Å². The normalized spacial score (nSPS) is 25.1. The van der Waals surface area contributed by atoms with Crippen LogP contribution in [0.5, 0.6) is 0 Å². The van der Waals surface area contributed by atoms with Gasteiger partial charge in [0.25, 0.3) is 0 Å². The first-order valence-electron chi connectivity index (χ1n) is 7.49. The van der Waals surface area contributed by atoms with Gasteiger partial charge in [0.15, 0.2) is 9.84 Å². The summed E-state index contributed by atoms with van der Waals surface area (Å²) in [6.07, 6.45) is 5.41. The van der Waals surface area contributed by atoms with E-state index in [4.69, 9.17) is 4.98 Å². The highest BCUT2D eigenvalue weighted by Gasteiger charge is 2.32. The van der Waals surface area contributed by atoms with E-state index in [-0.39, 0.29) is 5.92 Å². The third-order valence-electron chi connectivity index (χ3n) is 3.99. The Morgan fingerprint density at radius 1 is 1.35 bits per heavy atom. The first-order chi connectivity index (χ1) is 9.57. The lowest BCUT2D eigenvalue weighted by atomic mass is 10.1. The van der Waals surface area contributed by atoms with E-state index in [0.29, 0.717) is 17.5 Å². The highest BCUT2D eigenvalue weighted by molar-refractivity contribution is 7.91. The first kappa shape index (κ1) is 14.5. The number of thiazole rings is 1. The fourth-order valence-electron chi connectivity index (χ4n) is 2.66. The Labute approximate surface area is 124 Å². The first-order valence-corrected chi connectivity index (χ1v) is 10.1. The van der Waals surface area contributed by atoms with Gasteiger partial charge in [-0.25, -0.2) is 13.4 Å². The molecular formula is C14H22N2O2S2. The molecule has 0 spiro atoms. The number of nitrogens with zero attached hydrogens (tertiary/aromatic N) is 1. The molecule has 0 bridgehead atoms. The Morgan fingerprint density at radius 3 is 2.75 bits per heavy atom. The fourth-order valence-corrected chi connectivity index (χ4v) is 5.71. The van der Waals surface area contributed by atoms with Crippen LogP contribution in [0.3, 0.4) is 0 Å². The van der Waals surface area contributed by atoms with Gasteiger partial charge >= 0.3 is 0 Å². The van der Waals surface area contributed by atoms with Crippen molar-refractivity contribution < 1.29 is 8.42 Å².